The maximum Gasteiger partial charge on any atom is 0.260 e. The van der Waals surface area contributed by atoms with E-state index in [0.717, 1.165) is 48.6 Å². The number of rotatable bonds is 3. The van der Waals surface area contributed by atoms with Gasteiger partial charge in [0.05, 0.1) is 16.8 Å². The van der Waals surface area contributed by atoms with Crippen LogP contribution in [0, 0.1) is 0 Å². The highest BCUT2D eigenvalue weighted by Crippen LogP contribution is 2.38. The lowest BCUT2D eigenvalue weighted by molar-refractivity contribution is 0.100. The molecule has 4 N–H and O–H groups in total. The van der Waals surface area contributed by atoms with Gasteiger partial charge in [-0.25, -0.2) is 4.98 Å². The molecule has 0 spiro atoms. The highest BCUT2D eigenvalue weighted by molar-refractivity contribution is 7.21. The molecular formula is C14H19N5OS. The summed E-state index contributed by atoms with van der Waals surface area (Å²) in [4.78, 5) is 21.7. The SMILES string of the molecule is CCN1CCN(c2ccnc3sc(C(N)=O)c(N)c23)CC1. The van der Waals surface area contributed by atoms with E-state index in [0.29, 0.717) is 10.6 Å². The number of aromatic nitrogens is 1. The van der Waals surface area contributed by atoms with Crippen molar-refractivity contribution in [1.29, 1.82) is 0 Å². The lowest BCUT2D eigenvalue weighted by Gasteiger charge is -2.35. The molecule has 1 aliphatic rings. The van der Waals surface area contributed by atoms with Crippen LogP contribution in [-0.2, 0) is 0 Å². The molecule has 0 aliphatic carbocycles. The summed E-state index contributed by atoms with van der Waals surface area (Å²) < 4.78 is 0. The van der Waals surface area contributed by atoms with Crippen LogP contribution >= 0.6 is 11.3 Å². The second-order valence-corrected chi connectivity index (χ2v) is 6.14. The molecule has 7 heteroatoms. The van der Waals surface area contributed by atoms with Gasteiger partial charge in [0.25, 0.3) is 5.91 Å². The average Bonchev–Trinajstić information content (AvgIpc) is 2.85. The van der Waals surface area contributed by atoms with E-state index in [9.17, 15) is 4.79 Å². The summed E-state index contributed by atoms with van der Waals surface area (Å²) in [6, 6.07) is 1.97. The molecule has 2 aromatic heterocycles. The van der Waals surface area contributed by atoms with Crippen LogP contribution in [0.25, 0.3) is 10.2 Å². The van der Waals surface area contributed by atoms with Gasteiger partial charge in [0.1, 0.15) is 9.71 Å². The number of hydrogen-bond donors (Lipinski definition) is 2. The lowest BCUT2D eigenvalue weighted by Crippen LogP contribution is -2.46. The molecule has 0 radical (unpaired) electrons. The largest absolute Gasteiger partial charge is 0.397 e. The lowest BCUT2D eigenvalue weighted by atomic mass is 10.2. The van der Waals surface area contributed by atoms with Gasteiger partial charge < -0.3 is 21.3 Å². The van der Waals surface area contributed by atoms with Gasteiger partial charge in [-0.3, -0.25) is 4.79 Å². The molecule has 0 aromatic carbocycles. The number of piperazine rings is 1. The Morgan fingerprint density at radius 2 is 2.10 bits per heavy atom. The summed E-state index contributed by atoms with van der Waals surface area (Å²) in [6.07, 6.45) is 1.77. The minimum atomic E-state index is -0.489. The number of likely N-dealkylation sites (N-methyl/N-ethyl adjacent to an activating group) is 1. The monoisotopic (exact) mass is 305 g/mol. The number of nitrogens with zero attached hydrogens (tertiary/aromatic N) is 3. The number of nitrogen functional groups attached to an aromatic ring is 1. The van der Waals surface area contributed by atoms with Gasteiger partial charge in [-0.1, -0.05) is 6.92 Å². The fourth-order valence-electron chi connectivity index (χ4n) is 2.78. The maximum atomic E-state index is 11.5. The van der Waals surface area contributed by atoms with Gasteiger partial charge in [-0.15, -0.1) is 11.3 Å². The van der Waals surface area contributed by atoms with E-state index in [2.05, 4.69) is 21.7 Å². The highest BCUT2D eigenvalue weighted by atomic mass is 32.1. The Hall–Kier alpha value is -1.86. The fourth-order valence-corrected chi connectivity index (χ4v) is 3.72. The molecule has 2 aromatic rings. The fraction of sp³-hybridized carbons (Fsp3) is 0.429. The van der Waals surface area contributed by atoms with Gasteiger partial charge in [0.15, 0.2) is 0 Å². The van der Waals surface area contributed by atoms with E-state index in [-0.39, 0.29) is 0 Å². The maximum absolute atomic E-state index is 11.5. The third kappa shape index (κ3) is 2.43. The molecule has 0 unspecified atom stereocenters. The summed E-state index contributed by atoms with van der Waals surface area (Å²) in [5, 5.41) is 0.862. The zero-order chi connectivity index (χ0) is 15.0. The molecule has 6 nitrogen and oxygen atoms in total. The minimum absolute atomic E-state index is 0.400. The van der Waals surface area contributed by atoms with Crippen LogP contribution in [-0.4, -0.2) is 48.5 Å². The van der Waals surface area contributed by atoms with Crippen molar-refractivity contribution in [2.45, 2.75) is 6.92 Å². The van der Waals surface area contributed by atoms with Crippen molar-refractivity contribution in [2.24, 2.45) is 5.73 Å². The number of carbonyl (C=O) groups is 1. The van der Waals surface area contributed by atoms with E-state index in [4.69, 9.17) is 11.5 Å². The Kier molecular flexibility index (Phi) is 3.69. The van der Waals surface area contributed by atoms with Crippen molar-refractivity contribution in [3.63, 3.8) is 0 Å². The normalized spacial score (nSPS) is 16.5. The smallest absolute Gasteiger partial charge is 0.260 e. The molecule has 3 rings (SSSR count). The standard InChI is InChI=1S/C14H19N5OS/c1-2-18-5-7-19(8-6-18)9-3-4-17-14-10(9)11(15)12(21-14)13(16)20/h3-4H,2,5-8,15H2,1H3,(H2,16,20). The third-order valence-electron chi connectivity index (χ3n) is 3.99. The first-order valence-electron chi connectivity index (χ1n) is 7.06. The van der Waals surface area contributed by atoms with E-state index in [1.165, 1.54) is 11.3 Å². The van der Waals surface area contributed by atoms with Crippen LogP contribution < -0.4 is 16.4 Å². The van der Waals surface area contributed by atoms with Gasteiger partial charge >= 0.3 is 0 Å². The molecule has 1 aliphatic heterocycles. The summed E-state index contributed by atoms with van der Waals surface area (Å²) in [6.45, 7) is 7.23. The Morgan fingerprint density at radius 3 is 2.71 bits per heavy atom. The zero-order valence-electron chi connectivity index (χ0n) is 12.0. The first-order valence-corrected chi connectivity index (χ1v) is 7.87. The third-order valence-corrected chi connectivity index (χ3v) is 5.12. The predicted octanol–water partition coefficient (Wildman–Crippen LogP) is 1.12. The summed E-state index contributed by atoms with van der Waals surface area (Å²) >= 11 is 1.27. The van der Waals surface area contributed by atoms with Crippen LogP contribution in [0.1, 0.15) is 16.6 Å². The van der Waals surface area contributed by atoms with Crippen molar-refractivity contribution in [3.05, 3.63) is 17.1 Å². The number of nitrogens with two attached hydrogens (primary N) is 2. The Labute approximate surface area is 127 Å². The van der Waals surface area contributed by atoms with Gasteiger partial charge in [-0.2, -0.15) is 0 Å². The number of hydrogen-bond acceptors (Lipinski definition) is 6. The molecule has 1 fully saturated rings. The van der Waals surface area contributed by atoms with Crippen LogP contribution in [0.2, 0.25) is 0 Å². The first-order chi connectivity index (χ1) is 10.1. The summed E-state index contributed by atoms with van der Waals surface area (Å²) in [7, 11) is 0. The van der Waals surface area contributed by atoms with Crippen molar-refractivity contribution in [3.8, 4) is 0 Å². The van der Waals surface area contributed by atoms with E-state index in [1.54, 1.807) is 6.20 Å². The minimum Gasteiger partial charge on any atom is -0.397 e. The molecule has 1 saturated heterocycles. The predicted molar refractivity (Wildman–Crippen MR) is 86.9 cm³/mol. The molecule has 0 saturated carbocycles. The van der Waals surface area contributed by atoms with Crippen molar-refractivity contribution >= 4 is 38.8 Å². The second kappa shape index (κ2) is 5.50. The van der Waals surface area contributed by atoms with E-state index >= 15 is 0 Å². The molecule has 112 valence electrons. The molecular weight excluding hydrogens is 286 g/mol. The zero-order valence-corrected chi connectivity index (χ0v) is 12.8. The van der Waals surface area contributed by atoms with Gasteiger partial charge in [-0.05, 0) is 12.6 Å². The Morgan fingerprint density at radius 1 is 1.38 bits per heavy atom. The molecule has 3 heterocycles. The Balaban J connectivity index is 2.01. The van der Waals surface area contributed by atoms with Crippen LogP contribution in [0.15, 0.2) is 12.3 Å². The van der Waals surface area contributed by atoms with Gasteiger partial charge in [0.2, 0.25) is 0 Å². The number of anilines is 2. The van der Waals surface area contributed by atoms with Crippen molar-refractivity contribution in [2.75, 3.05) is 43.4 Å². The van der Waals surface area contributed by atoms with E-state index < -0.39 is 5.91 Å². The second-order valence-electron chi connectivity index (χ2n) is 5.14. The summed E-state index contributed by atoms with van der Waals surface area (Å²) in [5.74, 6) is -0.489. The number of thiophene rings is 1. The number of pyridine rings is 1. The topological polar surface area (TPSA) is 88.5 Å². The number of fused-ring (bicyclic) bond motifs is 1. The molecule has 0 atom stereocenters. The van der Waals surface area contributed by atoms with Crippen LogP contribution in [0.5, 0.6) is 0 Å². The quantitative estimate of drug-likeness (QED) is 0.887. The summed E-state index contributed by atoms with van der Waals surface area (Å²) in [5.41, 5.74) is 13.0. The van der Waals surface area contributed by atoms with Crippen molar-refractivity contribution in [1.82, 2.24) is 9.88 Å². The molecule has 21 heavy (non-hydrogen) atoms. The number of carbonyl (C=O) groups excluding carboxylic acids is 1. The number of amides is 1. The molecule has 0 bridgehead atoms. The van der Waals surface area contributed by atoms with Gasteiger partial charge in [0, 0.05) is 32.4 Å². The average molecular weight is 305 g/mol. The molecule has 1 amide bonds. The highest BCUT2D eigenvalue weighted by Gasteiger charge is 2.22. The van der Waals surface area contributed by atoms with Crippen LogP contribution in [0.3, 0.4) is 0 Å². The van der Waals surface area contributed by atoms with E-state index in [1.807, 2.05) is 6.07 Å². The number of primary amides is 1. The Bertz CT molecular complexity index is 675. The first kappa shape index (κ1) is 14.1. The van der Waals surface area contributed by atoms with Crippen LogP contribution in [0.4, 0.5) is 11.4 Å². The van der Waals surface area contributed by atoms with Crippen molar-refractivity contribution < 1.29 is 4.79 Å².